The predicted molar refractivity (Wildman–Crippen MR) is 95.4 cm³/mol. The molecule has 1 amide bonds. The molecule has 2 heterocycles. The van der Waals surface area contributed by atoms with Gasteiger partial charge in [0.25, 0.3) is 0 Å². The van der Waals surface area contributed by atoms with E-state index in [1.54, 1.807) is 24.5 Å². The van der Waals surface area contributed by atoms with Crippen LogP contribution in [-0.4, -0.2) is 23.8 Å². The van der Waals surface area contributed by atoms with Crippen LogP contribution in [0.25, 0.3) is 11.1 Å². The number of amides is 1. The number of benzene rings is 1. The molecule has 122 valence electrons. The molecule has 1 unspecified atom stereocenters. The lowest BCUT2D eigenvalue weighted by molar-refractivity contribution is -0.133. The Balaban J connectivity index is 2.04. The molecule has 0 bridgehead atoms. The largest absolute Gasteiger partial charge is 0.369 e. The van der Waals surface area contributed by atoms with Crippen LogP contribution in [0, 0.1) is 17.2 Å². The van der Waals surface area contributed by atoms with E-state index in [0.29, 0.717) is 5.56 Å². The molecule has 2 atom stereocenters. The minimum Gasteiger partial charge on any atom is -0.369 e. The van der Waals surface area contributed by atoms with Gasteiger partial charge in [0.2, 0.25) is 5.91 Å². The molecule has 0 saturated heterocycles. The summed E-state index contributed by atoms with van der Waals surface area (Å²) in [5.41, 5.74) is 7.86. The third-order valence-electron chi connectivity index (χ3n) is 4.66. The summed E-state index contributed by atoms with van der Waals surface area (Å²) < 4.78 is 0. The fourth-order valence-electron chi connectivity index (χ4n) is 2.84. The third kappa shape index (κ3) is 2.47. The normalized spacial score (nSPS) is 23.8. The molecule has 2 N–H and O–H groups in total. The number of guanidine groups is 1. The summed E-state index contributed by atoms with van der Waals surface area (Å²) in [6.07, 6.45) is 0. The summed E-state index contributed by atoms with van der Waals surface area (Å²) in [5, 5.41) is 11.1. The van der Waals surface area contributed by atoms with Gasteiger partial charge in [-0.15, -0.1) is 11.3 Å². The van der Waals surface area contributed by atoms with E-state index in [0.717, 1.165) is 16.0 Å². The fraction of sp³-hybridized carbons (Fsp3) is 0.278. The zero-order chi connectivity index (χ0) is 17.5. The fourth-order valence-corrected chi connectivity index (χ4v) is 3.96. The van der Waals surface area contributed by atoms with Crippen molar-refractivity contribution in [3.05, 3.63) is 46.2 Å². The maximum absolute atomic E-state index is 12.4. The van der Waals surface area contributed by atoms with Crippen LogP contribution in [0.15, 0.2) is 40.7 Å². The minimum atomic E-state index is -0.677. The van der Waals surface area contributed by atoms with Crippen LogP contribution >= 0.6 is 11.3 Å². The van der Waals surface area contributed by atoms with Crippen LogP contribution in [0.5, 0.6) is 0 Å². The van der Waals surface area contributed by atoms with Crippen molar-refractivity contribution in [3.8, 4) is 17.2 Å². The summed E-state index contributed by atoms with van der Waals surface area (Å²) in [5.74, 6) is -0.0970. The molecule has 2 aromatic rings. The Labute approximate surface area is 145 Å². The third-order valence-corrected chi connectivity index (χ3v) is 5.81. The average molecular weight is 338 g/mol. The van der Waals surface area contributed by atoms with E-state index in [1.165, 1.54) is 4.90 Å². The topological polar surface area (TPSA) is 82.5 Å². The van der Waals surface area contributed by atoms with Crippen LogP contribution in [0.4, 0.5) is 0 Å². The molecule has 24 heavy (non-hydrogen) atoms. The highest BCUT2D eigenvalue weighted by Crippen LogP contribution is 2.42. The monoisotopic (exact) mass is 338 g/mol. The quantitative estimate of drug-likeness (QED) is 0.914. The molecule has 0 saturated carbocycles. The first kappa shape index (κ1) is 16.2. The number of nitriles is 1. The van der Waals surface area contributed by atoms with Gasteiger partial charge in [-0.25, -0.2) is 4.99 Å². The lowest BCUT2D eigenvalue weighted by Gasteiger charge is -2.37. The van der Waals surface area contributed by atoms with Crippen LogP contribution in [0.1, 0.15) is 24.3 Å². The van der Waals surface area contributed by atoms with Crippen molar-refractivity contribution in [3.63, 3.8) is 0 Å². The first-order valence-corrected chi connectivity index (χ1v) is 8.47. The predicted octanol–water partition coefficient (Wildman–Crippen LogP) is 2.92. The van der Waals surface area contributed by atoms with Crippen LogP contribution in [-0.2, 0) is 10.3 Å². The van der Waals surface area contributed by atoms with Gasteiger partial charge in [0.15, 0.2) is 5.96 Å². The summed E-state index contributed by atoms with van der Waals surface area (Å²) >= 11 is 1.56. The van der Waals surface area contributed by atoms with Gasteiger partial charge in [-0.1, -0.05) is 19.1 Å². The van der Waals surface area contributed by atoms with Gasteiger partial charge < -0.3 is 5.73 Å². The van der Waals surface area contributed by atoms with Gasteiger partial charge in [0.1, 0.15) is 5.54 Å². The Hall–Kier alpha value is -2.65. The molecule has 1 aromatic carbocycles. The van der Waals surface area contributed by atoms with Crippen molar-refractivity contribution in [2.24, 2.45) is 16.6 Å². The maximum atomic E-state index is 12.4. The Morgan fingerprint density at radius 3 is 2.83 bits per heavy atom. The zero-order valence-corrected chi connectivity index (χ0v) is 14.6. The number of nitrogens with zero attached hydrogens (tertiary/aromatic N) is 3. The first-order valence-electron chi connectivity index (χ1n) is 7.59. The molecule has 0 aliphatic carbocycles. The Kier molecular flexibility index (Phi) is 3.90. The van der Waals surface area contributed by atoms with Gasteiger partial charge in [-0.05, 0) is 41.6 Å². The number of thiophene rings is 1. The molecule has 0 fully saturated rings. The van der Waals surface area contributed by atoms with Crippen molar-refractivity contribution < 1.29 is 4.79 Å². The second kappa shape index (κ2) is 5.77. The first-order chi connectivity index (χ1) is 11.4. The molecule has 1 aliphatic heterocycles. The van der Waals surface area contributed by atoms with Crippen LogP contribution in [0.3, 0.4) is 0 Å². The van der Waals surface area contributed by atoms with Gasteiger partial charge >= 0.3 is 0 Å². The summed E-state index contributed by atoms with van der Waals surface area (Å²) in [6, 6.07) is 11.7. The number of carbonyl (C=O) groups excluding carboxylic acids is 1. The van der Waals surface area contributed by atoms with Crippen LogP contribution < -0.4 is 5.73 Å². The second-order valence-corrected chi connectivity index (χ2v) is 7.04. The van der Waals surface area contributed by atoms with E-state index in [1.807, 2.05) is 43.5 Å². The van der Waals surface area contributed by atoms with Gasteiger partial charge in [0, 0.05) is 11.9 Å². The molecule has 6 heteroatoms. The maximum Gasteiger partial charge on any atom is 0.234 e. The van der Waals surface area contributed by atoms with E-state index in [4.69, 9.17) is 11.0 Å². The summed E-state index contributed by atoms with van der Waals surface area (Å²) in [4.78, 5) is 19.4. The van der Waals surface area contributed by atoms with Gasteiger partial charge in [-0.2, -0.15) is 5.26 Å². The zero-order valence-electron chi connectivity index (χ0n) is 13.8. The van der Waals surface area contributed by atoms with E-state index < -0.39 is 5.54 Å². The van der Waals surface area contributed by atoms with Crippen molar-refractivity contribution >= 4 is 23.2 Å². The van der Waals surface area contributed by atoms with Crippen LogP contribution in [0.2, 0.25) is 0 Å². The summed E-state index contributed by atoms with van der Waals surface area (Å²) in [7, 11) is 1.64. The van der Waals surface area contributed by atoms with E-state index in [2.05, 4.69) is 11.1 Å². The Morgan fingerprint density at radius 2 is 2.12 bits per heavy atom. The minimum absolute atomic E-state index is 0.0357. The number of aliphatic imine (C=N–C) groups is 1. The van der Waals surface area contributed by atoms with Crippen molar-refractivity contribution in [2.75, 3.05) is 7.05 Å². The molecular formula is C18H18N4OS. The van der Waals surface area contributed by atoms with E-state index in [-0.39, 0.29) is 17.8 Å². The Bertz CT molecular complexity index is 879. The number of rotatable bonds is 2. The lowest BCUT2D eigenvalue weighted by Crippen LogP contribution is -2.52. The number of carbonyl (C=O) groups is 1. The summed E-state index contributed by atoms with van der Waals surface area (Å²) in [6.45, 7) is 3.82. The standard InChI is InChI=1S/C18H18N4OS/c1-11-16(23)22(3)17(20)21-18(11,2)15-8-14(10-24-15)13-6-4-5-12(7-13)9-19/h4-8,10-11H,1-3H3,(H2,20,21)/t11?,18-/m0/s1. The van der Waals surface area contributed by atoms with Gasteiger partial charge in [0.05, 0.1) is 17.6 Å². The van der Waals surface area contributed by atoms with Gasteiger partial charge in [-0.3, -0.25) is 9.69 Å². The highest BCUT2D eigenvalue weighted by atomic mass is 32.1. The van der Waals surface area contributed by atoms with Crippen molar-refractivity contribution in [1.82, 2.24) is 4.90 Å². The molecule has 1 aromatic heterocycles. The highest BCUT2D eigenvalue weighted by molar-refractivity contribution is 7.10. The van der Waals surface area contributed by atoms with E-state index >= 15 is 0 Å². The van der Waals surface area contributed by atoms with Crippen molar-refractivity contribution in [1.29, 1.82) is 5.26 Å². The molecule has 5 nitrogen and oxygen atoms in total. The number of nitrogens with two attached hydrogens (primary N) is 1. The Morgan fingerprint density at radius 1 is 1.38 bits per heavy atom. The van der Waals surface area contributed by atoms with E-state index in [9.17, 15) is 4.79 Å². The average Bonchev–Trinajstić information content (AvgIpc) is 3.09. The number of hydrogen-bond donors (Lipinski definition) is 1. The molecule has 0 radical (unpaired) electrons. The smallest absolute Gasteiger partial charge is 0.234 e. The second-order valence-electron chi connectivity index (χ2n) is 6.13. The highest BCUT2D eigenvalue weighted by Gasteiger charge is 2.44. The van der Waals surface area contributed by atoms with Crippen molar-refractivity contribution in [2.45, 2.75) is 19.4 Å². The molecule has 3 rings (SSSR count). The molecular weight excluding hydrogens is 320 g/mol. The molecule has 1 aliphatic rings. The lowest BCUT2D eigenvalue weighted by atomic mass is 9.83. The molecule has 0 spiro atoms. The SMILES string of the molecule is CC1C(=O)N(C)C(N)=N[C@]1(C)c1cc(-c2cccc(C#N)c2)cs1. The number of hydrogen-bond acceptors (Lipinski definition) is 5.